The van der Waals surface area contributed by atoms with Gasteiger partial charge in [-0.25, -0.2) is 4.79 Å². The molecule has 0 N–H and O–H groups in total. The van der Waals surface area contributed by atoms with Crippen molar-refractivity contribution in [1.82, 2.24) is 4.90 Å². The maximum Gasteiger partial charge on any atom is 0.410 e. The number of piperidine rings is 1. The van der Waals surface area contributed by atoms with Crippen LogP contribution in [0.15, 0.2) is 0 Å². The smallest absolute Gasteiger partial charge is 0.410 e. The van der Waals surface area contributed by atoms with Gasteiger partial charge >= 0.3 is 6.09 Å². The van der Waals surface area contributed by atoms with Gasteiger partial charge in [0.05, 0.1) is 19.0 Å². The number of likely N-dealkylation sites (tertiary alicyclic amines) is 1. The predicted molar refractivity (Wildman–Crippen MR) is 109 cm³/mol. The van der Waals surface area contributed by atoms with Gasteiger partial charge in [-0.05, 0) is 45.3 Å². The molecule has 160 valence electrons. The molecule has 0 bridgehead atoms. The van der Waals surface area contributed by atoms with Gasteiger partial charge in [0, 0.05) is 19.0 Å². The van der Waals surface area contributed by atoms with E-state index in [0.29, 0.717) is 19.5 Å². The van der Waals surface area contributed by atoms with E-state index < -0.39 is 30.1 Å². The van der Waals surface area contributed by atoms with Crippen LogP contribution in [0.2, 0.25) is 18.1 Å². The molecule has 0 aromatic rings. The Labute approximate surface area is 166 Å². The summed E-state index contributed by atoms with van der Waals surface area (Å²) in [5.74, 6) is -0.129. The van der Waals surface area contributed by atoms with Gasteiger partial charge in [-0.1, -0.05) is 20.8 Å². The zero-order valence-corrected chi connectivity index (χ0v) is 20.1. The first-order chi connectivity index (χ1) is 11.9. The van der Waals surface area contributed by atoms with Crippen LogP contribution in [0, 0.1) is 5.92 Å². The highest BCUT2D eigenvalue weighted by Crippen LogP contribution is 2.38. The average molecular weight is 424 g/mol. The molecule has 9 heteroatoms. The summed E-state index contributed by atoms with van der Waals surface area (Å²) in [6, 6.07) is 0. The number of ether oxygens (including phenoxy) is 1. The fourth-order valence-corrected chi connectivity index (χ4v) is 4.45. The van der Waals surface area contributed by atoms with Crippen molar-refractivity contribution in [3.05, 3.63) is 0 Å². The van der Waals surface area contributed by atoms with Crippen molar-refractivity contribution in [2.24, 2.45) is 5.92 Å². The lowest BCUT2D eigenvalue weighted by Gasteiger charge is -2.44. The number of rotatable bonds is 5. The summed E-state index contributed by atoms with van der Waals surface area (Å²) in [6.07, 6.45) is 1.11. The first-order valence-corrected chi connectivity index (χ1v) is 14.1. The molecule has 1 aliphatic rings. The molecule has 0 spiro atoms. The number of carbonyl (C=O) groups is 1. The first-order valence-electron chi connectivity index (χ1n) is 9.40. The lowest BCUT2D eigenvalue weighted by molar-refractivity contribution is -0.00930. The molecule has 2 unspecified atom stereocenters. The van der Waals surface area contributed by atoms with Crippen LogP contribution < -0.4 is 0 Å². The average Bonchev–Trinajstić information content (AvgIpc) is 2.40. The minimum Gasteiger partial charge on any atom is -0.444 e. The second kappa shape index (κ2) is 8.38. The molecule has 1 aliphatic heterocycles. The van der Waals surface area contributed by atoms with E-state index in [1.165, 1.54) is 0 Å². The summed E-state index contributed by atoms with van der Waals surface area (Å²) < 4.78 is 39.7. The predicted octanol–water partition coefficient (Wildman–Crippen LogP) is 3.61. The van der Waals surface area contributed by atoms with Crippen LogP contribution in [0.5, 0.6) is 0 Å². The minimum atomic E-state index is -3.53. The van der Waals surface area contributed by atoms with Gasteiger partial charge in [0.15, 0.2) is 8.32 Å². The van der Waals surface area contributed by atoms with Crippen LogP contribution in [-0.4, -0.2) is 65.4 Å². The third-order valence-corrected chi connectivity index (χ3v) is 10.0. The first kappa shape index (κ1) is 24.4. The maximum absolute atomic E-state index is 12.6. The summed E-state index contributed by atoms with van der Waals surface area (Å²) in [7, 11) is -5.56. The Kier molecular flexibility index (Phi) is 7.58. The molecule has 7 nitrogen and oxygen atoms in total. The van der Waals surface area contributed by atoms with E-state index >= 15 is 0 Å². The summed E-state index contributed by atoms with van der Waals surface area (Å²) in [4.78, 5) is 14.2. The van der Waals surface area contributed by atoms with Crippen LogP contribution in [0.3, 0.4) is 0 Å². The Morgan fingerprint density at radius 3 is 2.11 bits per heavy atom. The fourth-order valence-electron chi connectivity index (χ4n) is 2.65. The Hall–Kier alpha value is -0.643. The molecular formula is C18H37NO6SSi. The second-order valence-electron chi connectivity index (χ2n) is 9.98. The Morgan fingerprint density at radius 1 is 1.11 bits per heavy atom. The summed E-state index contributed by atoms with van der Waals surface area (Å²) >= 11 is 0. The zero-order chi connectivity index (χ0) is 21.3. The van der Waals surface area contributed by atoms with Gasteiger partial charge in [0.1, 0.15) is 5.60 Å². The quantitative estimate of drug-likeness (QED) is 0.496. The summed E-state index contributed by atoms with van der Waals surface area (Å²) in [5, 5.41) is 0.0416. The zero-order valence-electron chi connectivity index (χ0n) is 18.3. The topological polar surface area (TPSA) is 82.1 Å². The second-order valence-corrected chi connectivity index (χ2v) is 16.4. The van der Waals surface area contributed by atoms with Gasteiger partial charge in [0.25, 0.3) is 10.1 Å². The Morgan fingerprint density at radius 2 is 1.67 bits per heavy atom. The van der Waals surface area contributed by atoms with Crippen molar-refractivity contribution >= 4 is 24.5 Å². The number of amides is 1. The van der Waals surface area contributed by atoms with E-state index in [0.717, 1.165) is 6.26 Å². The normalized spacial score (nSPS) is 22.6. The molecule has 0 aliphatic carbocycles. The molecule has 1 saturated heterocycles. The number of hydrogen-bond donors (Lipinski definition) is 0. The lowest BCUT2D eigenvalue weighted by Crippen LogP contribution is -2.53. The van der Waals surface area contributed by atoms with E-state index in [-0.39, 0.29) is 23.7 Å². The van der Waals surface area contributed by atoms with E-state index in [9.17, 15) is 13.2 Å². The number of nitrogens with zero attached hydrogens (tertiary/aromatic N) is 1. The molecule has 2 atom stereocenters. The number of hydrogen-bond acceptors (Lipinski definition) is 6. The molecule has 0 saturated carbocycles. The molecule has 1 amide bonds. The van der Waals surface area contributed by atoms with Crippen LogP contribution in [0.25, 0.3) is 0 Å². The van der Waals surface area contributed by atoms with Crippen LogP contribution in [0.4, 0.5) is 4.79 Å². The van der Waals surface area contributed by atoms with Crippen molar-refractivity contribution in [3.8, 4) is 0 Å². The van der Waals surface area contributed by atoms with Gasteiger partial charge in [0.2, 0.25) is 0 Å². The SMILES string of the molecule is CC(C)(C)OC(=O)N1CC(COS(C)(=O)=O)CC(O[Si](C)(C)C(C)(C)C)C1. The van der Waals surface area contributed by atoms with Crippen molar-refractivity contribution in [2.45, 2.75) is 77.8 Å². The van der Waals surface area contributed by atoms with E-state index in [1.807, 2.05) is 20.8 Å². The monoisotopic (exact) mass is 423 g/mol. The molecule has 27 heavy (non-hydrogen) atoms. The highest BCUT2D eigenvalue weighted by Gasteiger charge is 2.42. The van der Waals surface area contributed by atoms with Gasteiger partial charge < -0.3 is 14.1 Å². The molecular weight excluding hydrogens is 386 g/mol. The standard InChI is InChI=1S/C18H37NO6SSi/c1-17(2,3)24-16(20)19-11-14(13-23-26(7,21)22)10-15(12-19)25-27(8,9)18(4,5)6/h14-15H,10-13H2,1-9H3. The van der Waals surface area contributed by atoms with Gasteiger partial charge in [-0.15, -0.1) is 0 Å². The van der Waals surface area contributed by atoms with E-state index in [1.54, 1.807) is 4.90 Å². The van der Waals surface area contributed by atoms with E-state index in [2.05, 4.69) is 33.9 Å². The molecule has 0 radical (unpaired) electrons. The largest absolute Gasteiger partial charge is 0.444 e. The summed E-state index contributed by atoms with van der Waals surface area (Å²) in [5.41, 5.74) is -0.594. The Balaban J connectivity index is 2.94. The maximum atomic E-state index is 12.6. The molecule has 1 fully saturated rings. The Bertz CT molecular complexity index is 621. The van der Waals surface area contributed by atoms with Crippen molar-refractivity contribution in [2.75, 3.05) is 26.0 Å². The van der Waals surface area contributed by atoms with Crippen LogP contribution in [-0.2, 0) is 23.5 Å². The third-order valence-electron chi connectivity index (χ3n) is 4.94. The van der Waals surface area contributed by atoms with Crippen LogP contribution >= 0.6 is 0 Å². The van der Waals surface area contributed by atoms with Gasteiger partial charge in [-0.2, -0.15) is 8.42 Å². The number of carbonyl (C=O) groups excluding carboxylic acids is 1. The molecule has 1 rings (SSSR count). The van der Waals surface area contributed by atoms with E-state index in [4.69, 9.17) is 13.3 Å². The van der Waals surface area contributed by atoms with Gasteiger partial charge in [-0.3, -0.25) is 4.18 Å². The molecule has 1 heterocycles. The highest BCUT2D eigenvalue weighted by molar-refractivity contribution is 7.85. The lowest BCUT2D eigenvalue weighted by atomic mass is 9.97. The highest BCUT2D eigenvalue weighted by atomic mass is 32.2. The minimum absolute atomic E-state index is 0.0372. The summed E-state index contributed by atoms with van der Waals surface area (Å²) in [6.45, 7) is 17.2. The molecule has 0 aromatic heterocycles. The van der Waals surface area contributed by atoms with Crippen molar-refractivity contribution in [3.63, 3.8) is 0 Å². The van der Waals surface area contributed by atoms with Crippen LogP contribution in [0.1, 0.15) is 48.0 Å². The van der Waals surface area contributed by atoms with Crippen molar-refractivity contribution < 1.29 is 26.6 Å². The fraction of sp³-hybridized carbons (Fsp3) is 0.944. The van der Waals surface area contributed by atoms with Crippen molar-refractivity contribution in [1.29, 1.82) is 0 Å². The third kappa shape index (κ3) is 8.49. The molecule has 0 aromatic carbocycles.